The number of nitrogens with zero attached hydrogens (tertiary/aromatic N) is 1. The molecule has 1 saturated heterocycles. The van der Waals surface area contributed by atoms with Crippen molar-refractivity contribution in [1.29, 1.82) is 0 Å². The zero-order valence-corrected chi connectivity index (χ0v) is 13.5. The first-order valence-electron chi connectivity index (χ1n) is 6.99. The number of fused-ring (bicyclic) bond motifs is 1. The standard InChI is InChI=1S/C14H20IN2O3/c1-7(18)9-2-3-11(16-9)14-15-8-6-13(20)12(19)5-4-10(8)17-14/h4,6-9,11-12,16,18-20H,2-3,5H2,1H3/q-1. The molecular weight excluding hydrogens is 371 g/mol. The minimum absolute atomic E-state index is 0.0821. The van der Waals surface area contributed by atoms with Crippen molar-refractivity contribution in [2.24, 2.45) is 4.99 Å². The first-order valence-corrected chi connectivity index (χ1v) is 9.32. The summed E-state index contributed by atoms with van der Waals surface area (Å²) >= 11 is -0.311. The molecule has 0 amide bonds. The quantitative estimate of drug-likeness (QED) is 0.309. The first-order chi connectivity index (χ1) is 9.54. The van der Waals surface area contributed by atoms with Crippen LogP contribution in [0.4, 0.5) is 0 Å². The number of aliphatic hydroxyl groups is 3. The molecule has 0 aromatic rings. The van der Waals surface area contributed by atoms with Crippen LogP contribution in [-0.2, 0) is 0 Å². The Kier molecular flexibility index (Phi) is 4.16. The summed E-state index contributed by atoms with van der Waals surface area (Å²) in [7, 11) is 0. The molecular formula is C14H20IN2O3-. The van der Waals surface area contributed by atoms with E-state index in [2.05, 4.69) is 5.32 Å². The van der Waals surface area contributed by atoms with Gasteiger partial charge in [-0.25, -0.2) is 0 Å². The number of allylic oxidation sites excluding steroid dienone is 1. The summed E-state index contributed by atoms with van der Waals surface area (Å²) in [5.74, 6) is 0.0821. The Bertz CT molecular complexity index is 487. The number of halogens is 1. The van der Waals surface area contributed by atoms with Crippen LogP contribution in [0.1, 0.15) is 26.2 Å². The topological polar surface area (TPSA) is 85.1 Å². The van der Waals surface area contributed by atoms with Crippen LogP contribution in [0.25, 0.3) is 0 Å². The molecule has 0 bridgehead atoms. The first kappa shape index (κ1) is 14.5. The van der Waals surface area contributed by atoms with E-state index in [1.165, 1.54) is 3.72 Å². The number of hydrogen-bond acceptors (Lipinski definition) is 5. The second kappa shape index (κ2) is 5.75. The van der Waals surface area contributed by atoms with Crippen molar-refractivity contribution in [3.63, 3.8) is 0 Å². The Morgan fingerprint density at radius 1 is 1.45 bits per heavy atom. The van der Waals surface area contributed by atoms with Gasteiger partial charge in [0, 0.05) is 0 Å². The third-order valence-electron chi connectivity index (χ3n) is 4.01. The van der Waals surface area contributed by atoms with Crippen molar-refractivity contribution in [2.45, 2.75) is 54.4 Å². The molecule has 6 heteroatoms. The summed E-state index contributed by atoms with van der Waals surface area (Å²) in [5.41, 5.74) is 0.998. The van der Waals surface area contributed by atoms with E-state index in [0.717, 1.165) is 18.5 Å². The molecule has 20 heavy (non-hydrogen) atoms. The summed E-state index contributed by atoms with van der Waals surface area (Å²) in [6, 6.07) is 0.438. The molecule has 5 nitrogen and oxygen atoms in total. The van der Waals surface area contributed by atoms with Gasteiger partial charge >= 0.3 is 129 Å². The van der Waals surface area contributed by atoms with Crippen LogP contribution in [0.2, 0.25) is 0 Å². The fourth-order valence-corrected chi connectivity index (χ4v) is 6.06. The summed E-state index contributed by atoms with van der Waals surface area (Å²) in [6.45, 7) is 1.82. The van der Waals surface area contributed by atoms with Crippen molar-refractivity contribution < 1.29 is 36.5 Å². The fraction of sp³-hybridized carbons (Fsp3) is 0.643. The molecule has 0 radical (unpaired) electrons. The molecule has 0 aromatic heterocycles. The Balaban J connectivity index is 1.73. The Hall–Kier alpha value is -0.440. The molecule has 2 aliphatic heterocycles. The van der Waals surface area contributed by atoms with Gasteiger partial charge in [-0.3, -0.25) is 0 Å². The van der Waals surface area contributed by atoms with Crippen LogP contribution >= 0.6 is 0 Å². The van der Waals surface area contributed by atoms with E-state index in [0.29, 0.717) is 6.42 Å². The van der Waals surface area contributed by atoms with Crippen molar-refractivity contribution in [1.82, 2.24) is 5.32 Å². The molecule has 5 unspecified atom stereocenters. The summed E-state index contributed by atoms with van der Waals surface area (Å²) in [4.78, 5) is 4.73. The van der Waals surface area contributed by atoms with Crippen molar-refractivity contribution in [2.75, 3.05) is 0 Å². The predicted molar refractivity (Wildman–Crippen MR) is 72.3 cm³/mol. The summed E-state index contributed by atoms with van der Waals surface area (Å²) < 4.78 is 1.40. The van der Waals surface area contributed by atoms with Gasteiger partial charge in [-0.2, -0.15) is 0 Å². The number of hydrogen-bond donors (Lipinski definition) is 4. The van der Waals surface area contributed by atoms with Crippen LogP contribution in [0.3, 0.4) is 0 Å². The molecule has 112 valence electrons. The Morgan fingerprint density at radius 3 is 2.95 bits per heavy atom. The SMILES string of the molecule is CC(O)C1CCC(C2=NC3=CCC(O)C(O)=CC3[I-]2)N1. The average molecular weight is 391 g/mol. The number of alkyl halides is 1. The van der Waals surface area contributed by atoms with E-state index in [4.69, 9.17) is 4.99 Å². The molecule has 2 heterocycles. The molecule has 1 aliphatic carbocycles. The fourth-order valence-electron chi connectivity index (χ4n) is 2.77. The maximum absolute atomic E-state index is 9.77. The zero-order chi connectivity index (χ0) is 14.3. The van der Waals surface area contributed by atoms with Crippen molar-refractivity contribution in [3.8, 4) is 0 Å². The molecule has 0 spiro atoms. The molecule has 5 atom stereocenters. The second-order valence-electron chi connectivity index (χ2n) is 5.56. The summed E-state index contributed by atoms with van der Waals surface area (Å²) in [6.07, 6.45) is 5.05. The van der Waals surface area contributed by atoms with E-state index in [9.17, 15) is 15.3 Å². The van der Waals surface area contributed by atoms with E-state index in [1.54, 1.807) is 6.08 Å². The van der Waals surface area contributed by atoms with Crippen LogP contribution < -0.4 is 26.5 Å². The van der Waals surface area contributed by atoms with Gasteiger partial charge in [0.25, 0.3) is 0 Å². The normalized spacial score (nSPS) is 39.0. The van der Waals surface area contributed by atoms with E-state index in [-0.39, 0.29) is 49.1 Å². The molecule has 3 aliphatic rings. The van der Waals surface area contributed by atoms with E-state index in [1.807, 2.05) is 13.0 Å². The van der Waals surface area contributed by atoms with E-state index >= 15 is 0 Å². The predicted octanol–water partition coefficient (Wildman–Crippen LogP) is -2.55. The Morgan fingerprint density at radius 2 is 2.25 bits per heavy atom. The van der Waals surface area contributed by atoms with Crippen LogP contribution in [-0.4, -0.2) is 47.3 Å². The minimum atomic E-state index is -0.778. The Labute approximate surface area is 128 Å². The van der Waals surface area contributed by atoms with Gasteiger partial charge in [0.05, 0.1) is 0 Å². The number of rotatable bonds is 2. The van der Waals surface area contributed by atoms with Gasteiger partial charge in [0.15, 0.2) is 0 Å². The van der Waals surface area contributed by atoms with Gasteiger partial charge < -0.3 is 0 Å². The van der Waals surface area contributed by atoms with Gasteiger partial charge in [-0.15, -0.1) is 0 Å². The molecule has 0 saturated carbocycles. The van der Waals surface area contributed by atoms with Crippen molar-refractivity contribution >= 4 is 3.72 Å². The molecule has 3 rings (SSSR count). The molecule has 1 fully saturated rings. The number of aliphatic hydroxyl groups excluding tert-OH is 3. The third-order valence-corrected chi connectivity index (χ3v) is 7.31. The molecule has 0 aromatic carbocycles. The molecule has 4 N–H and O–H groups in total. The number of aliphatic imine (C=N–C) groups is 1. The summed E-state index contributed by atoms with van der Waals surface area (Å²) in [5, 5.41) is 32.5. The van der Waals surface area contributed by atoms with Gasteiger partial charge in [0.1, 0.15) is 0 Å². The zero-order valence-electron chi connectivity index (χ0n) is 11.3. The van der Waals surface area contributed by atoms with Crippen LogP contribution in [0.15, 0.2) is 28.6 Å². The van der Waals surface area contributed by atoms with Gasteiger partial charge in [-0.1, -0.05) is 0 Å². The number of nitrogens with one attached hydrogen (secondary N) is 1. The van der Waals surface area contributed by atoms with Gasteiger partial charge in [0.2, 0.25) is 0 Å². The second-order valence-corrected chi connectivity index (χ2v) is 8.63. The monoisotopic (exact) mass is 391 g/mol. The van der Waals surface area contributed by atoms with Crippen LogP contribution in [0.5, 0.6) is 0 Å². The van der Waals surface area contributed by atoms with Gasteiger partial charge in [-0.05, 0) is 0 Å². The average Bonchev–Trinajstić information content (AvgIpc) is 3.00. The maximum atomic E-state index is 9.77. The third kappa shape index (κ3) is 2.79. The van der Waals surface area contributed by atoms with Crippen molar-refractivity contribution in [3.05, 3.63) is 23.6 Å². The van der Waals surface area contributed by atoms with E-state index < -0.39 is 6.10 Å². The van der Waals surface area contributed by atoms with Crippen LogP contribution in [0, 0.1) is 0 Å².